The minimum atomic E-state index is 0.426. The van der Waals surface area contributed by atoms with Crippen LogP contribution in [0.2, 0.25) is 0 Å². The minimum absolute atomic E-state index is 0.426. The maximum atomic E-state index is 5.28. The summed E-state index contributed by atoms with van der Waals surface area (Å²) >= 11 is 0. The van der Waals surface area contributed by atoms with E-state index < -0.39 is 0 Å². The van der Waals surface area contributed by atoms with Crippen LogP contribution in [-0.4, -0.2) is 65.1 Å². The molecule has 0 aromatic heterocycles. The molecule has 2 unspecified atom stereocenters. The predicted molar refractivity (Wildman–Crippen MR) is 88.8 cm³/mol. The van der Waals surface area contributed by atoms with Gasteiger partial charge in [-0.2, -0.15) is 0 Å². The van der Waals surface area contributed by atoms with Crippen LogP contribution < -0.4 is 5.32 Å². The molecule has 1 rings (SSSR count). The topological polar surface area (TPSA) is 33.7 Å². The predicted octanol–water partition coefficient (Wildman–Crippen LogP) is 2.39. The van der Waals surface area contributed by atoms with Crippen LogP contribution in [0.1, 0.15) is 39.5 Å². The first-order valence-electron chi connectivity index (χ1n) is 8.56. The van der Waals surface area contributed by atoms with E-state index in [0.29, 0.717) is 5.41 Å². The average molecular weight is 300 g/mol. The van der Waals surface area contributed by atoms with Crippen molar-refractivity contribution in [3.05, 3.63) is 0 Å². The molecule has 1 aliphatic carbocycles. The number of methoxy groups -OCH3 is 2. The molecule has 1 aliphatic rings. The van der Waals surface area contributed by atoms with Gasteiger partial charge in [0.15, 0.2) is 0 Å². The molecule has 4 nitrogen and oxygen atoms in total. The Kier molecular flexibility index (Phi) is 9.49. The average Bonchev–Trinajstić information content (AvgIpc) is 2.48. The zero-order chi connectivity index (χ0) is 15.6. The molecule has 4 heteroatoms. The molecule has 1 fully saturated rings. The molecular formula is C17H36N2O2. The molecular weight excluding hydrogens is 264 g/mol. The van der Waals surface area contributed by atoms with Crippen molar-refractivity contribution in [1.29, 1.82) is 0 Å². The van der Waals surface area contributed by atoms with Crippen LogP contribution in [0.5, 0.6) is 0 Å². The summed E-state index contributed by atoms with van der Waals surface area (Å²) in [4.78, 5) is 2.53. The molecule has 1 N–H and O–H groups in total. The van der Waals surface area contributed by atoms with Crippen molar-refractivity contribution < 1.29 is 9.47 Å². The van der Waals surface area contributed by atoms with Gasteiger partial charge in [-0.15, -0.1) is 0 Å². The second-order valence-electron chi connectivity index (χ2n) is 6.74. The normalized spacial score (nSPS) is 26.4. The molecule has 0 aromatic rings. The van der Waals surface area contributed by atoms with E-state index in [0.717, 1.165) is 51.9 Å². The Morgan fingerprint density at radius 1 is 1.19 bits per heavy atom. The maximum absolute atomic E-state index is 5.28. The number of hydrogen-bond donors (Lipinski definition) is 1. The molecule has 2 atom stereocenters. The van der Waals surface area contributed by atoms with Gasteiger partial charge in [0.2, 0.25) is 0 Å². The zero-order valence-corrected chi connectivity index (χ0v) is 14.6. The molecule has 21 heavy (non-hydrogen) atoms. The van der Waals surface area contributed by atoms with E-state index in [9.17, 15) is 0 Å². The maximum Gasteiger partial charge on any atom is 0.0589 e. The standard InChI is InChI=1S/C17H36N2O2/c1-5-18-14-17(8-6-7-16(2)13-17)15-19(9-11-20-3)10-12-21-4/h16,18H,5-15H2,1-4H3. The molecule has 0 spiro atoms. The van der Waals surface area contributed by atoms with E-state index >= 15 is 0 Å². The fourth-order valence-electron chi connectivity index (χ4n) is 3.70. The van der Waals surface area contributed by atoms with Gasteiger partial charge in [-0.1, -0.05) is 26.7 Å². The SMILES string of the molecule is CCNCC1(CN(CCOC)CCOC)CCCC(C)C1. The lowest BCUT2D eigenvalue weighted by Crippen LogP contribution is -2.48. The lowest BCUT2D eigenvalue weighted by Gasteiger charge is -2.43. The molecule has 1 saturated carbocycles. The Morgan fingerprint density at radius 2 is 1.86 bits per heavy atom. The van der Waals surface area contributed by atoms with Gasteiger partial charge in [0, 0.05) is 40.4 Å². The summed E-state index contributed by atoms with van der Waals surface area (Å²) in [6.45, 7) is 11.6. The number of hydrogen-bond acceptors (Lipinski definition) is 4. The molecule has 0 saturated heterocycles. The van der Waals surface area contributed by atoms with Crippen molar-refractivity contribution in [2.24, 2.45) is 11.3 Å². The lowest BCUT2D eigenvalue weighted by atomic mass is 9.69. The number of nitrogens with zero attached hydrogens (tertiary/aromatic N) is 1. The van der Waals surface area contributed by atoms with E-state index in [-0.39, 0.29) is 0 Å². The molecule has 0 heterocycles. The largest absolute Gasteiger partial charge is 0.383 e. The van der Waals surface area contributed by atoms with Gasteiger partial charge >= 0.3 is 0 Å². The van der Waals surface area contributed by atoms with E-state index in [1.165, 1.54) is 25.7 Å². The zero-order valence-electron chi connectivity index (χ0n) is 14.6. The van der Waals surface area contributed by atoms with Gasteiger partial charge in [-0.25, -0.2) is 0 Å². The Bertz CT molecular complexity index is 255. The van der Waals surface area contributed by atoms with E-state index in [1.807, 2.05) is 0 Å². The molecule has 0 amide bonds. The molecule has 126 valence electrons. The summed E-state index contributed by atoms with van der Waals surface area (Å²) < 4.78 is 10.6. The fourth-order valence-corrected chi connectivity index (χ4v) is 3.70. The third-order valence-electron chi connectivity index (χ3n) is 4.72. The van der Waals surface area contributed by atoms with Crippen molar-refractivity contribution in [3.8, 4) is 0 Å². The van der Waals surface area contributed by atoms with Crippen molar-refractivity contribution in [2.75, 3.05) is 60.2 Å². The van der Waals surface area contributed by atoms with Gasteiger partial charge in [0.05, 0.1) is 13.2 Å². The highest BCUT2D eigenvalue weighted by Crippen LogP contribution is 2.39. The van der Waals surface area contributed by atoms with Crippen molar-refractivity contribution in [2.45, 2.75) is 39.5 Å². The first-order chi connectivity index (χ1) is 10.2. The Balaban J connectivity index is 2.65. The van der Waals surface area contributed by atoms with E-state index in [4.69, 9.17) is 9.47 Å². The van der Waals surface area contributed by atoms with Gasteiger partial charge in [0.1, 0.15) is 0 Å². The molecule has 0 aliphatic heterocycles. The number of rotatable bonds is 11. The fraction of sp³-hybridized carbons (Fsp3) is 1.00. The third kappa shape index (κ3) is 7.09. The van der Waals surface area contributed by atoms with E-state index in [2.05, 4.69) is 24.1 Å². The summed E-state index contributed by atoms with van der Waals surface area (Å²) in [5.74, 6) is 0.851. The monoisotopic (exact) mass is 300 g/mol. The Labute approximate surface area is 131 Å². The van der Waals surface area contributed by atoms with Crippen molar-refractivity contribution in [3.63, 3.8) is 0 Å². The lowest BCUT2D eigenvalue weighted by molar-refractivity contribution is 0.0490. The van der Waals surface area contributed by atoms with Crippen LogP contribution in [0.4, 0.5) is 0 Å². The smallest absolute Gasteiger partial charge is 0.0589 e. The summed E-state index contributed by atoms with van der Waals surface area (Å²) in [6.07, 6.45) is 5.45. The van der Waals surface area contributed by atoms with Gasteiger partial charge in [-0.05, 0) is 30.7 Å². The minimum Gasteiger partial charge on any atom is -0.383 e. The van der Waals surface area contributed by atoms with Gasteiger partial charge in [0.25, 0.3) is 0 Å². The van der Waals surface area contributed by atoms with Crippen LogP contribution in [0.25, 0.3) is 0 Å². The number of ether oxygens (including phenoxy) is 2. The van der Waals surface area contributed by atoms with Crippen LogP contribution in [0.3, 0.4) is 0 Å². The summed E-state index contributed by atoms with van der Waals surface area (Å²) in [5.41, 5.74) is 0.426. The second kappa shape index (κ2) is 10.5. The summed E-state index contributed by atoms with van der Waals surface area (Å²) in [5, 5.41) is 3.61. The highest BCUT2D eigenvalue weighted by Gasteiger charge is 2.35. The van der Waals surface area contributed by atoms with Crippen LogP contribution in [0, 0.1) is 11.3 Å². The van der Waals surface area contributed by atoms with E-state index in [1.54, 1.807) is 14.2 Å². The Morgan fingerprint density at radius 3 is 2.38 bits per heavy atom. The van der Waals surface area contributed by atoms with Crippen LogP contribution in [0.15, 0.2) is 0 Å². The van der Waals surface area contributed by atoms with Crippen molar-refractivity contribution in [1.82, 2.24) is 10.2 Å². The first kappa shape index (κ1) is 18.9. The highest BCUT2D eigenvalue weighted by atomic mass is 16.5. The second-order valence-corrected chi connectivity index (χ2v) is 6.74. The Hall–Kier alpha value is -0.160. The summed E-state index contributed by atoms with van der Waals surface area (Å²) in [7, 11) is 3.57. The van der Waals surface area contributed by atoms with Gasteiger partial charge in [-0.3, -0.25) is 4.90 Å². The summed E-state index contributed by atoms with van der Waals surface area (Å²) in [6, 6.07) is 0. The molecule has 0 bridgehead atoms. The molecule has 0 aromatic carbocycles. The van der Waals surface area contributed by atoms with Crippen LogP contribution in [-0.2, 0) is 9.47 Å². The molecule has 0 radical (unpaired) electrons. The van der Waals surface area contributed by atoms with Crippen LogP contribution >= 0.6 is 0 Å². The number of nitrogens with one attached hydrogen (secondary N) is 1. The third-order valence-corrected chi connectivity index (χ3v) is 4.72. The quantitative estimate of drug-likeness (QED) is 0.635. The van der Waals surface area contributed by atoms with Gasteiger partial charge < -0.3 is 14.8 Å². The van der Waals surface area contributed by atoms with Crippen molar-refractivity contribution >= 4 is 0 Å². The first-order valence-corrected chi connectivity index (χ1v) is 8.56. The highest BCUT2D eigenvalue weighted by molar-refractivity contribution is 4.90.